The number of aryl methyl sites for hydroxylation is 1. The fraction of sp³-hybridized carbons (Fsp3) is 0.0833. The van der Waals surface area contributed by atoms with Gasteiger partial charge in [0.15, 0.2) is 15.8 Å². The van der Waals surface area contributed by atoms with Crippen molar-refractivity contribution in [2.45, 2.75) is 11.8 Å². The fourth-order valence-corrected chi connectivity index (χ4v) is 5.77. The summed E-state index contributed by atoms with van der Waals surface area (Å²) >= 11 is 12.4. The van der Waals surface area contributed by atoms with Crippen molar-refractivity contribution in [3.63, 3.8) is 0 Å². The zero-order chi connectivity index (χ0) is 26.9. The Kier molecular flexibility index (Phi) is 7.55. The molecule has 4 rings (SSSR count). The van der Waals surface area contributed by atoms with Crippen molar-refractivity contribution < 1.29 is 27.1 Å². The Hall–Kier alpha value is -3.45. The molecule has 1 amide bonds. The van der Waals surface area contributed by atoms with Crippen molar-refractivity contribution >= 4 is 73.4 Å². The molecule has 3 aromatic carbocycles. The summed E-state index contributed by atoms with van der Waals surface area (Å²) in [6.45, 7) is 1.50. The first-order valence-electron chi connectivity index (χ1n) is 10.4. The second-order valence-corrected chi connectivity index (χ2v) is 11.3. The molecule has 0 unspecified atom stereocenters. The third-order valence-electron chi connectivity index (χ3n) is 5.23. The van der Waals surface area contributed by atoms with Gasteiger partial charge in [-0.3, -0.25) is 19.8 Å². The first kappa shape index (κ1) is 26.6. The number of benzene rings is 3. The van der Waals surface area contributed by atoms with E-state index in [2.05, 4.69) is 0 Å². The second kappa shape index (κ2) is 10.5. The molecule has 3 aromatic rings. The number of nitro benzene ring substituents is 1. The van der Waals surface area contributed by atoms with E-state index in [1.54, 1.807) is 36.4 Å². The van der Waals surface area contributed by atoms with Gasteiger partial charge in [0, 0.05) is 16.7 Å². The first-order chi connectivity index (χ1) is 17.5. The van der Waals surface area contributed by atoms with E-state index in [9.17, 15) is 23.3 Å². The molecular weight excluding hydrogens is 560 g/mol. The number of carbonyl (C=O) groups excluding carboxylic acids is 1. The maximum atomic E-state index is 13.0. The predicted octanol–water partition coefficient (Wildman–Crippen LogP) is 5.74. The number of thioether (sulfide) groups is 1. The van der Waals surface area contributed by atoms with Crippen molar-refractivity contribution in [2.24, 2.45) is 0 Å². The number of hydrogen-bond donors (Lipinski definition) is 0. The molecule has 0 N–H and O–H groups in total. The Bertz CT molecular complexity index is 1570. The standard InChI is InChI=1S/C24H17ClN2O7S3/c1-14-3-9-18(13-19(14)27(29)30)37(31,32)34-20-10-4-15(11-21(20)33-2)12-22-23(28)26(24(35)36-22)17-7-5-16(25)6-8-17/h3-13H,1-2H3/b22-12+. The van der Waals surface area contributed by atoms with E-state index < -0.39 is 15.0 Å². The number of ether oxygens (including phenoxy) is 1. The maximum absolute atomic E-state index is 13.0. The van der Waals surface area contributed by atoms with Gasteiger partial charge in [-0.25, -0.2) is 0 Å². The van der Waals surface area contributed by atoms with Gasteiger partial charge in [-0.1, -0.05) is 47.7 Å². The summed E-state index contributed by atoms with van der Waals surface area (Å²) in [5, 5.41) is 11.7. The molecule has 0 saturated carbocycles. The van der Waals surface area contributed by atoms with E-state index in [1.165, 1.54) is 43.2 Å². The van der Waals surface area contributed by atoms with Gasteiger partial charge in [0.25, 0.3) is 11.6 Å². The van der Waals surface area contributed by atoms with Crippen LogP contribution in [-0.2, 0) is 14.9 Å². The van der Waals surface area contributed by atoms with Gasteiger partial charge >= 0.3 is 10.1 Å². The Balaban J connectivity index is 1.60. The molecule has 0 radical (unpaired) electrons. The summed E-state index contributed by atoms with van der Waals surface area (Å²) in [6, 6.07) is 14.6. The number of halogens is 1. The molecule has 0 aliphatic carbocycles. The van der Waals surface area contributed by atoms with E-state index in [0.717, 1.165) is 17.8 Å². The molecule has 1 aliphatic heterocycles. The van der Waals surface area contributed by atoms with Crippen molar-refractivity contribution in [3.05, 3.63) is 91.8 Å². The van der Waals surface area contributed by atoms with Crippen LogP contribution in [0, 0.1) is 17.0 Å². The van der Waals surface area contributed by atoms with Gasteiger partial charge in [0.2, 0.25) is 0 Å². The van der Waals surface area contributed by atoms with E-state index >= 15 is 0 Å². The highest BCUT2D eigenvalue weighted by atomic mass is 35.5. The summed E-state index contributed by atoms with van der Waals surface area (Å²) in [4.78, 5) is 24.9. The molecule has 13 heteroatoms. The molecule has 0 bridgehead atoms. The monoisotopic (exact) mass is 576 g/mol. The predicted molar refractivity (Wildman–Crippen MR) is 146 cm³/mol. The Morgan fingerprint density at radius 1 is 1.08 bits per heavy atom. The molecule has 190 valence electrons. The number of anilines is 1. The minimum Gasteiger partial charge on any atom is -0.493 e. The molecule has 1 saturated heterocycles. The smallest absolute Gasteiger partial charge is 0.339 e. The zero-order valence-corrected chi connectivity index (χ0v) is 22.4. The molecule has 0 aromatic heterocycles. The van der Waals surface area contributed by atoms with Crippen molar-refractivity contribution in [1.29, 1.82) is 0 Å². The SMILES string of the molecule is COc1cc(/C=C2/SC(=S)N(c3ccc(Cl)cc3)C2=O)ccc1OS(=O)(=O)c1ccc(C)c([N+](=O)[O-])c1. The van der Waals surface area contributed by atoms with E-state index in [-0.39, 0.29) is 28.0 Å². The minimum absolute atomic E-state index is 0.0760. The highest BCUT2D eigenvalue weighted by molar-refractivity contribution is 8.27. The molecule has 9 nitrogen and oxygen atoms in total. The third kappa shape index (κ3) is 5.62. The number of rotatable bonds is 7. The lowest BCUT2D eigenvalue weighted by atomic mass is 10.2. The second-order valence-electron chi connectivity index (χ2n) is 7.65. The largest absolute Gasteiger partial charge is 0.493 e. The van der Waals surface area contributed by atoms with Gasteiger partial charge in [0.1, 0.15) is 4.90 Å². The molecule has 1 aliphatic rings. The summed E-state index contributed by atoms with van der Waals surface area (Å²) in [5.41, 5.74) is 1.08. The van der Waals surface area contributed by atoms with E-state index in [4.69, 9.17) is 32.7 Å². The van der Waals surface area contributed by atoms with Gasteiger partial charge in [-0.15, -0.1) is 0 Å². The van der Waals surface area contributed by atoms with Crippen LogP contribution in [-0.4, -0.2) is 30.7 Å². The van der Waals surface area contributed by atoms with Crippen LogP contribution in [0.1, 0.15) is 11.1 Å². The minimum atomic E-state index is -4.40. The van der Waals surface area contributed by atoms with Crippen LogP contribution in [0.15, 0.2) is 70.5 Å². The number of nitrogens with zero attached hydrogens (tertiary/aromatic N) is 2. The van der Waals surface area contributed by atoms with Crippen LogP contribution < -0.4 is 13.8 Å². The molecule has 1 heterocycles. The van der Waals surface area contributed by atoms with E-state index in [1.807, 2.05) is 0 Å². The lowest BCUT2D eigenvalue weighted by Crippen LogP contribution is -2.27. The molecule has 1 fully saturated rings. The molecule has 0 atom stereocenters. The van der Waals surface area contributed by atoms with Crippen molar-refractivity contribution in [1.82, 2.24) is 0 Å². The van der Waals surface area contributed by atoms with Crippen molar-refractivity contribution in [2.75, 3.05) is 12.0 Å². The average molecular weight is 577 g/mol. The Morgan fingerprint density at radius 2 is 1.78 bits per heavy atom. The molecular formula is C24H17ClN2O7S3. The highest BCUT2D eigenvalue weighted by Gasteiger charge is 2.33. The van der Waals surface area contributed by atoms with Crippen LogP contribution in [0.2, 0.25) is 5.02 Å². The topological polar surface area (TPSA) is 116 Å². The van der Waals surface area contributed by atoms with Gasteiger partial charge in [-0.2, -0.15) is 8.42 Å². The number of thiocarbonyl (C=S) groups is 1. The number of hydrogen-bond acceptors (Lipinski definition) is 9. The molecule has 37 heavy (non-hydrogen) atoms. The summed E-state index contributed by atoms with van der Waals surface area (Å²) in [7, 11) is -3.07. The molecule has 0 spiro atoms. The Labute approximate surface area is 226 Å². The third-order valence-corrected chi connectivity index (χ3v) is 8.01. The lowest BCUT2D eigenvalue weighted by molar-refractivity contribution is -0.385. The van der Waals surface area contributed by atoms with Crippen LogP contribution in [0.3, 0.4) is 0 Å². The van der Waals surface area contributed by atoms with Crippen LogP contribution in [0.25, 0.3) is 6.08 Å². The van der Waals surface area contributed by atoms with Crippen molar-refractivity contribution in [3.8, 4) is 11.5 Å². The Morgan fingerprint density at radius 3 is 2.43 bits per heavy atom. The van der Waals surface area contributed by atoms with E-state index in [0.29, 0.717) is 31.1 Å². The summed E-state index contributed by atoms with van der Waals surface area (Å²) in [5.74, 6) is -0.371. The zero-order valence-electron chi connectivity index (χ0n) is 19.2. The van der Waals surface area contributed by atoms with Crippen LogP contribution >= 0.6 is 35.6 Å². The van der Waals surface area contributed by atoms with Gasteiger partial charge < -0.3 is 8.92 Å². The number of amides is 1. The highest BCUT2D eigenvalue weighted by Crippen LogP contribution is 2.38. The van der Waals surface area contributed by atoms with Crippen LogP contribution in [0.4, 0.5) is 11.4 Å². The number of methoxy groups -OCH3 is 1. The normalized spacial score (nSPS) is 14.8. The average Bonchev–Trinajstić information content (AvgIpc) is 3.12. The summed E-state index contributed by atoms with van der Waals surface area (Å²) in [6.07, 6.45) is 1.60. The van der Waals surface area contributed by atoms with Crippen LogP contribution in [0.5, 0.6) is 11.5 Å². The summed E-state index contributed by atoms with van der Waals surface area (Å²) < 4.78 is 36.5. The number of nitro groups is 1. The van der Waals surface area contributed by atoms with Gasteiger partial charge in [0.05, 0.1) is 22.6 Å². The maximum Gasteiger partial charge on any atom is 0.339 e. The first-order valence-corrected chi connectivity index (χ1v) is 13.4. The van der Waals surface area contributed by atoms with Gasteiger partial charge in [-0.05, 0) is 61.0 Å². The quantitative estimate of drug-likeness (QED) is 0.114. The lowest BCUT2D eigenvalue weighted by Gasteiger charge is -2.14. The number of carbonyl (C=O) groups is 1. The fourth-order valence-electron chi connectivity index (χ4n) is 3.38.